The normalized spacial score (nSPS) is 10.1. The van der Waals surface area contributed by atoms with Gasteiger partial charge in [-0.1, -0.05) is 30.3 Å². The average molecular weight is 368 g/mol. The summed E-state index contributed by atoms with van der Waals surface area (Å²) in [4.78, 5) is 37.2. The fourth-order valence-corrected chi connectivity index (χ4v) is 2.55. The number of carbonyl (C=O) groups excluding carboxylic acids is 3. The van der Waals surface area contributed by atoms with E-state index in [0.29, 0.717) is 37.1 Å². The Morgan fingerprint density at radius 3 is 2.26 bits per heavy atom. The second kappa shape index (κ2) is 10.1. The first-order valence-corrected chi connectivity index (χ1v) is 8.75. The molecule has 142 valence electrons. The van der Waals surface area contributed by atoms with Crippen LogP contribution in [0.3, 0.4) is 0 Å². The lowest BCUT2D eigenvalue weighted by Gasteiger charge is -2.17. The predicted octanol–water partition coefficient (Wildman–Crippen LogP) is 2.64. The van der Waals surface area contributed by atoms with Gasteiger partial charge >= 0.3 is 5.97 Å². The van der Waals surface area contributed by atoms with Gasteiger partial charge in [0.2, 0.25) is 5.91 Å². The van der Waals surface area contributed by atoms with Gasteiger partial charge in [0, 0.05) is 32.1 Å². The molecule has 2 aromatic rings. The molecule has 2 rings (SSSR count). The quantitative estimate of drug-likeness (QED) is 0.574. The second-order valence-corrected chi connectivity index (χ2v) is 6.16. The molecule has 0 radical (unpaired) electrons. The molecular formula is C21H24N2O4. The number of nitrogens with one attached hydrogen (secondary N) is 1. The van der Waals surface area contributed by atoms with Crippen LogP contribution in [0.15, 0.2) is 54.6 Å². The summed E-state index contributed by atoms with van der Waals surface area (Å²) in [5, 5.41) is 2.81. The maximum absolute atomic E-state index is 12.2. The number of benzene rings is 2. The molecule has 6 heteroatoms. The second-order valence-electron chi connectivity index (χ2n) is 6.16. The third kappa shape index (κ3) is 6.26. The van der Waals surface area contributed by atoms with Crippen LogP contribution in [-0.2, 0) is 16.1 Å². The van der Waals surface area contributed by atoms with Crippen molar-refractivity contribution in [3.63, 3.8) is 0 Å². The Labute approximate surface area is 159 Å². The Kier molecular flexibility index (Phi) is 7.55. The van der Waals surface area contributed by atoms with E-state index >= 15 is 0 Å². The zero-order chi connectivity index (χ0) is 19.6. The van der Waals surface area contributed by atoms with Gasteiger partial charge < -0.3 is 15.0 Å². The first-order chi connectivity index (χ1) is 13.0. The Balaban J connectivity index is 1.72. The van der Waals surface area contributed by atoms with E-state index < -0.39 is 0 Å². The van der Waals surface area contributed by atoms with E-state index in [9.17, 15) is 14.4 Å². The molecule has 0 aliphatic heterocycles. The molecule has 0 fully saturated rings. The summed E-state index contributed by atoms with van der Waals surface area (Å²) in [5.41, 5.74) is 2.01. The van der Waals surface area contributed by atoms with E-state index in [0.717, 1.165) is 5.56 Å². The topological polar surface area (TPSA) is 75.7 Å². The van der Waals surface area contributed by atoms with Gasteiger partial charge in [-0.05, 0) is 36.2 Å². The first kappa shape index (κ1) is 20.2. The minimum atomic E-state index is -0.386. The maximum Gasteiger partial charge on any atom is 0.337 e. The van der Waals surface area contributed by atoms with Crippen LogP contribution in [0, 0.1) is 0 Å². The van der Waals surface area contributed by atoms with Gasteiger partial charge in [0.1, 0.15) is 0 Å². The number of carbonyl (C=O) groups is 3. The van der Waals surface area contributed by atoms with Crippen LogP contribution in [0.1, 0.15) is 39.1 Å². The molecule has 0 aliphatic carbocycles. The smallest absolute Gasteiger partial charge is 0.337 e. The maximum atomic E-state index is 12.2. The molecule has 0 unspecified atom stereocenters. The Hall–Kier alpha value is -3.15. The summed E-state index contributed by atoms with van der Waals surface area (Å²) in [6.45, 7) is 0.901. The van der Waals surface area contributed by atoms with Crippen molar-refractivity contribution in [3.8, 4) is 0 Å². The molecule has 0 heterocycles. The third-order valence-electron chi connectivity index (χ3n) is 4.11. The standard InChI is InChI=1S/C21H24N2O4/c1-23(15-16-10-12-18(13-11-16)21(26)27-2)19(24)9-6-14-22-20(25)17-7-4-3-5-8-17/h3-5,7-8,10-13H,6,9,14-15H2,1-2H3,(H,22,25). The molecule has 27 heavy (non-hydrogen) atoms. The summed E-state index contributed by atoms with van der Waals surface area (Å²) in [7, 11) is 3.07. The van der Waals surface area contributed by atoms with Gasteiger partial charge in [0.25, 0.3) is 5.91 Å². The van der Waals surface area contributed by atoms with E-state index in [1.165, 1.54) is 7.11 Å². The SMILES string of the molecule is COC(=O)c1ccc(CN(C)C(=O)CCCNC(=O)c2ccccc2)cc1. The summed E-state index contributed by atoms with van der Waals surface area (Å²) < 4.78 is 4.66. The van der Waals surface area contributed by atoms with Gasteiger partial charge in [-0.3, -0.25) is 9.59 Å². The van der Waals surface area contributed by atoms with E-state index in [-0.39, 0.29) is 17.8 Å². The number of ether oxygens (including phenoxy) is 1. The predicted molar refractivity (Wildman–Crippen MR) is 102 cm³/mol. The number of hydrogen-bond donors (Lipinski definition) is 1. The van der Waals surface area contributed by atoms with Crippen LogP contribution >= 0.6 is 0 Å². The monoisotopic (exact) mass is 368 g/mol. The highest BCUT2D eigenvalue weighted by atomic mass is 16.5. The average Bonchev–Trinajstić information content (AvgIpc) is 2.71. The molecular weight excluding hydrogens is 344 g/mol. The molecule has 0 bridgehead atoms. The van der Waals surface area contributed by atoms with Crippen LogP contribution in [0.2, 0.25) is 0 Å². The van der Waals surface area contributed by atoms with Gasteiger partial charge in [-0.25, -0.2) is 4.79 Å². The molecule has 6 nitrogen and oxygen atoms in total. The lowest BCUT2D eigenvalue weighted by atomic mass is 10.1. The minimum Gasteiger partial charge on any atom is -0.465 e. The Bertz CT molecular complexity index is 773. The van der Waals surface area contributed by atoms with Gasteiger partial charge in [0.15, 0.2) is 0 Å². The van der Waals surface area contributed by atoms with Gasteiger partial charge in [-0.2, -0.15) is 0 Å². The van der Waals surface area contributed by atoms with Crippen molar-refractivity contribution < 1.29 is 19.1 Å². The van der Waals surface area contributed by atoms with Gasteiger partial charge in [0.05, 0.1) is 12.7 Å². The summed E-state index contributed by atoms with van der Waals surface area (Å²) in [6, 6.07) is 15.9. The van der Waals surface area contributed by atoms with Crippen LogP contribution in [-0.4, -0.2) is 43.4 Å². The Morgan fingerprint density at radius 1 is 0.963 bits per heavy atom. The van der Waals surface area contributed by atoms with Crippen LogP contribution in [0.4, 0.5) is 0 Å². The van der Waals surface area contributed by atoms with Crippen LogP contribution in [0.25, 0.3) is 0 Å². The molecule has 1 N–H and O–H groups in total. The minimum absolute atomic E-state index is 0.000930. The lowest BCUT2D eigenvalue weighted by Crippen LogP contribution is -2.28. The molecule has 0 atom stereocenters. The molecule has 0 saturated carbocycles. The summed E-state index contributed by atoms with van der Waals surface area (Å²) >= 11 is 0. The van der Waals surface area contributed by atoms with E-state index in [2.05, 4.69) is 10.1 Å². The van der Waals surface area contributed by atoms with Gasteiger partial charge in [-0.15, -0.1) is 0 Å². The van der Waals surface area contributed by atoms with Crippen molar-refractivity contribution in [2.45, 2.75) is 19.4 Å². The number of rotatable bonds is 8. The first-order valence-electron chi connectivity index (χ1n) is 8.75. The highest BCUT2D eigenvalue weighted by Gasteiger charge is 2.11. The molecule has 2 amide bonds. The van der Waals surface area contributed by atoms with E-state index in [1.807, 2.05) is 18.2 Å². The fourth-order valence-electron chi connectivity index (χ4n) is 2.55. The lowest BCUT2D eigenvalue weighted by molar-refractivity contribution is -0.130. The highest BCUT2D eigenvalue weighted by molar-refractivity contribution is 5.94. The van der Waals surface area contributed by atoms with E-state index in [1.54, 1.807) is 48.3 Å². The number of hydrogen-bond acceptors (Lipinski definition) is 4. The van der Waals surface area contributed by atoms with Crippen molar-refractivity contribution in [2.75, 3.05) is 20.7 Å². The zero-order valence-corrected chi connectivity index (χ0v) is 15.6. The summed E-state index contributed by atoms with van der Waals surface area (Å²) in [5.74, 6) is -0.522. The largest absolute Gasteiger partial charge is 0.465 e. The zero-order valence-electron chi connectivity index (χ0n) is 15.6. The van der Waals surface area contributed by atoms with Crippen LogP contribution in [0.5, 0.6) is 0 Å². The molecule has 0 aliphatic rings. The van der Waals surface area contributed by atoms with Crippen molar-refractivity contribution >= 4 is 17.8 Å². The number of methoxy groups -OCH3 is 1. The molecule has 0 spiro atoms. The molecule has 2 aromatic carbocycles. The fraction of sp³-hybridized carbons (Fsp3) is 0.286. The number of esters is 1. The highest BCUT2D eigenvalue weighted by Crippen LogP contribution is 2.09. The van der Waals surface area contributed by atoms with Crippen molar-refractivity contribution in [1.82, 2.24) is 10.2 Å². The third-order valence-corrected chi connectivity index (χ3v) is 4.11. The van der Waals surface area contributed by atoms with Crippen LogP contribution < -0.4 is 5.32 Å². The molecule has 0 aromatic heterocycles. The van der Waals surface area contributed by atoms with Crippen molar-refractivity contribution in [2.24, 2.45) is 0 Å². The van der Waals surface area contributed by atoms with Crippen molar-refractivity contribution in [1.29, 1.82) is 0 Å². The van der Waals surface area contributed by atoms with E-state index in [4.69, 9.17) is 0 Å². The Morgan fingerprint density at radius 2 is 1.63 bits per heavy atom. The van der Waals surface area contributed by atoms with Crippen molar-refractivity contribution in [3.05, 3.63) is 71.3 Å². The number of amides is 2. The number of nitrogens with zero attached hydrogens (tertiary/aromatic N) is 1. The molecule has 0 saturated heterocycles. The summed E-state index contributed by atoms with van der Waals surface area (Å²) in [6.07, 6.45) is 0.925.